The van der Waals surface area contributed by atoms with Gasteiger partial charge in [-0.05, 0) is 44.0 Å². The first-order chi connectivity index (χ1) is 14.0. The van der Waals surface area contributed by atoms with E-state index in [9.17, 15) is 19.5 Å². The number of rotatable bonds is 7. The number of nitrogens with zero attached hydrogens (tertiary/aromatic N) is 3. The van der Waals surface area contributed by atoms with E-state index in [2.05, 4.69) is 4.98 Å². The molecule has 1 aromatic carbocycles. The van der Waals surface area contributed by atoms with E-state index in [-0.39, 0.29) is 25.5 Å². The lowest BCUT2D eigenvalue weighted by Gasteiger charge is -2.29. The van der Waals surface area contributed by atoms with Gasteiger partial charge in [0.1, 0.15) is 11.0 Å². The monoisotopic (exact) mass is 417 g/mol. The molecule has 29 heavy (non-hydrogen) atoms. The van der Waals surface area contributed by atoms with E-state index in [4.69, 9.17) is 4.74 Å². The van der Waals surface area contributed by atoms with Crippen molar-refractivity contribution in [3.05, 3.63) is 35.8 Å². The van der Waals surface area contributed by atoms with Crippen LogP contribution in [-0.4, -0.2) is 58.7 Å². The number of carboxylic acid groups (broad SMARTS) is 1. The molecule has 2 aromatic rings. The van der Waals surface area contributed by atoms with Crippen molar-refractivity contribution >= 4 is 35.0 Å². The van der Waals surface area contributed by atoms with Crippen LogP contribution in [-0.2, 0) is 14.3 Å². The smallest absolute Gasteiger partial charge is 0.407 e. The lowest BCUT2D eigenvalue weighted by atomic mass is 10.1. The molecule has 1 N–H and O–H groups in total. The van der Waals surface area contributed by atoms with E-state index in [1.54, 1.807) is 25.3 Å². The van der Waals surface area contributed by atoms with Crippen molar-refractivity contribution in [1.82, 2.24) is 9.88 Å². The van der Waals surface area contributed by atoms with Gasteiger partial charge in [-0.3, -0.25) is 14.5 Å². The standard InChI is InChI=1S/C20H23N3O5S/c1-2-28-17(24)9-12-22(19(25)16-4-3-11-23(16)20(26)27)15-7-5-14(6-8-15)18-21-10-13-29-18/h5-8,10,13,16H,2-4,9,11-12H2,1H3,(H,26,27). The molecule has 154 valence electrons. The summed E-state index contributed by atoms with van der Waals surface area (Å²) < 4.78 is 4.97. The van der Waals surface area contributed by atoms with Crippen LogP contribution in [0.25, 0.3) is 10.6 Å². The number of amides is 2. The van der Waals surface area contributed by atoms with Crippen LogP contribution in [0.1, 0.15) is 26.2 Å². The van der Waals surface area contributed by atoms with Crippen molar-refractivity contribution in [2.45, 2.75) is 32.2 Å². The summed E-state index contributed by atoms with van der Waals surface area (Å²) in [5.41, 5.74) is 1.53. The summed E-state index contributed by atoms with van der Waals surface area (Å²) in [6, 6.07) is 6.57. The van der Waals surface area contributed by atoms with Crippen LogP contribution in [0, 0.1) is 0 Å². The lowest BCUT2D eigenvalue weighted by molar-refractivity contribution is -0.142. The van der Waals surface area contributed by atoms with Crippen LogP contribution in [0.5, 0.6) is 0 Å². The maximum atomic E-state index is 13.2. The van der Waals surface area contributed by atoms with Gasteiger partial charge in [0.15, 0.2) is 0 Å². The molecule has 1 aliphatic rings. The molecule has 1 aromatic heterocycles. The Morgan fingerprint density at radius 3 is 2.69 bits per heavy atom. The third-order valence-electron chi connectivity index (χ3n) is 4.75. The summed E-state index contributed by atoms with van der Waals surface area (Å²) >= 11 is 1.52. The molecule has 2 heterocycles. The molecular weight excluding hydrogens is 394 g/mol. The first-order valence-corrected chi connectivity index (χ1v) is 10.4. The van der Waals surface area contributed by atoms with E-state index in [1.165, 1.54) is 21.1 Å². The zero-order valence-electron chi connectivity index (χ0n) is 16.1. The molecule has 0 spiro atoms. The number of thiazole rings is 1. The van der Waals surface area contributed by atoms with Gasteiger partial charge in [0.05, 0.1) is 13.0 Å². The first-order valence-electron chi connectivity index (χ1n) is 9.47. The molecule has 1 fully saturated rings. The van der Waals surface area contributed by atoms with E-state index in [0.717, 1.165) is 10.6 Å². The molecular formula is C20H23N3O5S. The number of hydrogen-bond donors (Lipinski definition) is 1. The maximum Gasteiger partial charge on any atom is 0.407 e. The lowest BCUT2D eigenvalue weighted by Crippen LogP contribution is -2.48. The van der Waals surface area contributed by atoms with Crippen LogP contribution in [0.15, 0.2) is 35.8 Å². The number of carbonyl (C=O) groups is 3. The molecule has 0 bridgehead atoms. The largest absolute Gasteiger partial charge is 0.466 e. The minimum absolute atomic E-state index is 0.0353. The second kappa shape index (κ2) is 9.51. The molecule has 8 nitrogen and oxygen atoms in total. The number of aromatic nitrogens is 1. The number of anilines is 1. The number of benzene rings is 1. The molecule has 1 saturated heterocycles. The highest BCUT2D eigenvalue weighted by Crippen LogP contribution is 2.27. The highest BCUT2D eigenvalue weighted by atomic mass is 32.1. The van der Waals surface area contributed by atoms with Crippen molar-refractivity contribution in [3.8, 4) is 10.6 Å². The highest BCUT2D eigenvalue weighted by molar-refractivity contribution is 7.13. The van der Waals surface area contributed by atoms with E-state index in [0.29, 0.717) is 25.1 Å². The zero-order valence-corrected chi connectivity index (χ0v) is 16.9. The Bertz CT molecular complexity index is 854. The summed E-state index contributed by atoms with van der Waals surface area (Å²) in [4.78, 5) is 43.4. The molecule has 0 radical (unpaired) electrons. The first kappa shape index (κ1) is 20.8. The van der Waals surface area contributed by atoms with Gasteiger partial charge in [0.2, 0.25) is 5.91 Å². The van der Waals surface area contributed by atoms with Crippen molar-refractivity contribution in [3.63, 3.8) is 0 Å². The van der Waals surface area contributed by atoms with Crippen LogP contribution in [0.2, 0.25) is 0 Å². The predicted octanol–water partition coefficient (Wildman–Crippen LogP) is 3.24. The van der Waals surface area contributed by atoms with Crippen LogP contribution < -0.4 is 4.90 Å². The van der Waals surface area contributed by atoms with Gasteiger partial charge in [-0.15, -0.1) is 11.3 Å². The van der Waals surface area contributed by atoms with Crippen molar-refractivity contribution in [1.29, 1.82) is 0 Å². The van der Waals surface area contributed by atoms with Gasteiger partial charge < -0.3 is 14.7 Å². The molecule has 0 saturated carbocycles. The molecule has 2 amide bonds. The Morgan fingerprint density at radius 2 is 2.07 bits per heavy atom. The number of ether oxygens (including phenoxy) is 1. The van der Waals surface area contributed by atoms with Crippen molar-refractivity contribution in [2.24, 2.45) is 0 Å². The van der Waals surface area contributed by atoms with Gasteiger partial charge >= 0.3 is 12.1 Å². The molecule has 1 atom stereocenters. The summed E-state index contributed by atoms with van der Waals surface area (Å²) in [5.74, 6) is -0.720. The second-order valence-corrected chi connectivity index (χ2v) is 7.46. The molecule has 0 aliphatic carbocycles. The third-order valence-corrected chi connectivity index (χ3v) is 5.57. The third kappa shape index (κ3) is 4.92. The van der Waals surface area contributed by atoms with Crippen LogP contribution in [0.3, 0.4) is 0 Å². The summed E-state index contributed by atoms with van der Waals surface area (Å²) in [6.45, 7) is 2.45. The Balaban J connectivity index is 1.83. The van der Waals surface area contributed by atoms with Gasteiger partial charge in [-0.25, -0.2) is 9.78 Å². The predicted molar refractivity (Wildman–Crippen MR) is 109 cm³/mol. The topological polar surface area (TPSA) is 100 Å². The fraction of sp³-hybridized carbons (Fsp3) is 0.400. The van der Waals surface area contributed by atoms with Gasteiger partial charge in [-0.2, -0.15) is 0 Å². The minimum atomic E-state index is -1.11. The summed E-state index contributed by atoms with van der Waals surface area (Å²) in [6.07, 6.45) is 1.76. The molecule has 3 rings (SSSR count). The number of carbonyl (C=O) groups excluding carboxylic acids is 2. The Hall–Kier alpha value is -2.94. The normalized spacial score (nSPS) is 15.9. The summed E-state index contributed by atoms with van der Waals surface area (Å²) in [7, 11) is 0. The number of esters is 1. The average molecular weight is 417 g/mol. The van der Waals surface area contributed by atoms with E-state index < -0.39 is 18.1 Å². The van der Waals surface area contributed by atoms with E-state index >= 15 is 0 Å². The fourth-order valence-corrected chi connectivity index (χ4v) is 4.03. The molecule has 1 aliphatic heterocycles. The zero-order chi connectivity index (χ0) is 20.8. The average Bonchev–Trinajstić information content (AvgIpc) is 3.41. The van der Waals surface area contributed by atoms with E-state index in [1.807, 2.05) is 17.5 Å². The summed E-state index contributed by atoms with van der Waals surface area (Å²) in [5, 5.41) is 12.1. The highest BCUT2D eigenvalue weighted by Gasteiger charge is 2.37. The van der Waals surface area contributed by atoms with Crippen molar-refractivity contribution in [2.75, 3.05) is 24.6 Å². The van der Waals surface area contributed by atoms with Crippen LogP contribution >= 0.6 is 11.3 Å². The second-order valence-electron chi connectivity index (χ2n) is 6.56. The minimum Gasteiger partial charge on any atom is -0.466 e. The van der Waals surface area contributed by atoms with Gasteiger partial charge in [-0.1, -0.05) is 0 Å². The van der Waals surface area contributed by atoms with Gasteiger partial charge in [0, 0.05) is 35.9 Å². The fourth-order valence-electron chi connectivity index (χ4n) is 3.39. The Kier molecular flexibility index (Phi) is 6.82. The SMILES string of the molecule is CCOC(=O)CCN(C(=O)C1CCCN1C(=O)O)c1ccc(-c2nccs2)cc1. The quantitative estimate of drug-likeness (QED) is 0.694. The number of likely N-dealkylation sites (tertiary alicyclic amines) is 1. The van der Waals surface area contributed by atoms with Crippen molar-refractivity contribution < 1.29 is 24.2 Å². The van der Waals surface area contributed by atoms with Gasteiger partial charge in [0.25, 0.3) is 0 Å². The molecule has 1 unspecified atom stereocenters. The Morgan fingerprint density at radius 1 is 1.31 bits per heavy atom. The Labute approximate surface area is 172 Å². The number of hydrogen-bond acceptors (Lipinski definition) is 6. The maximum absolute atomic E-state index is 13.2. The molecule has 9 heteroatoms. The van der Waals surface area contributed by atoms with Crippen LogP contribution in [0.4, 0.5) is 10.5 Å².